The van der Waals surface area contributed by atoms with Crippen LogP contribution in [0.25, 0.3) is 10.8 Å². The van der Waals surface area contributed by atoms with Crippen molar-refractivity contribution in [2.75, 3.05) is 0 Å². The quantitative estimate of drug-likeness (QED) is 0.769. The molecule has 4 heteroatoms. The van der Waals surface area contributed by atoms with Gasteiger partial charge in [0.1, 0.15) is 11.6 Å². The van der Waals surface area contributed by atoms with Gasteiger partial charge < -0.3 is 10.1 Å². The Morgan fingerprint density at radius 3 is 2.50 bits per heavy atom. The molecule has 24 heavy (non-hydrogen) atoms. The van der Waals surface area contributed by atoms with E-state index in [0.717, 1.165) is 10.9 Å². The van der Waals surface area contributed by atoms with Crippen LogP contribution >= 0.6 is 0 Å². The minimum Gasteiger partial charge on any atom is -0.481 e. The molecule has 0 aliphatic heterocycles. The second-order valence-electron chi connectivity index (χ2n) is 5.61. The Labute approximate surface area is 140 Å². The molecule has 3 rings (SSSR count). The minimum absolute atomic E-state index is 0.215. The molecule has 0 aromatic heterocycles. The van der Waals surface area contributed by atoms with Crippen molar-refractivity contribution in [2.24, 2.45) is 0 Å². The lowest BCUT2D eigenvalue weighted by Crippen LogP contribution is -2.35. The van der Waals surface area contributed by atoms with Crippen LogP contribution < -0.4 is 10.1 Å². The van der Waals surface area contributed by atoms with Gasteiger partial charge in [-0.2, -0.15) is 0 Å². The average molecular weight is 323 g/mol. The van der Waals surface area contributed by atoms with E-state index in [4.69, 9.17) is 4.74 Å². The molecule has 3 nitrogen and oxygen atoms in total. The maximum atomic E-state index is 12.9. The van der Waals surface area contributed by atoms with Gasteiger partial charge in [-0.15, -0.1) is 0 Å². The Kier molecular flexibility index (Phi) is 4.75. The first-order valence-corrected chi connectivity index (χ1v) is 7.79. The second kappa shape index (κ2) is 7.13. The monoisotopic (exact) mass is 323 g/mol. The Hall–Kier alpha value is -2.88. The lowest BCUT2D eigenvalue weighted by molar-refractivity contribution is -0.127. The first kappa shape index (κ1) is 16.0. The van der Waals surface area contributed by atoms with Gasteiger partial charge in [0, 0.05) is 6.54 Å². The van der Waals surface area contributed by atoms with E-state index in [1.54, 1.807) is 6.92 Å². The summed E-state index contributed by atoms with van der Waals surface area (Å²) in [5, 5.41) is 5.16. The van der Waals surface area contributed by atoms with Gasteiger partial charge in [-0.25, -0.2) is 4.39 Å². The van der Waals surface area contributed by atoms with E-state index in [9.17, 15) is 9.18 Å². The van der Waals surface area contributed by atoms with Crippen LogP contribution in [-0.2, 0) is 11.3 Å². The maximum Gasteiger partial charge on any atom is 0.261 e. The number of carbonyl (C=O) groups excluding carboxylic acids is 1. The summed E-state index contributed by atoms with van der Waals surface area (Å²) in [6.07, 6.45) is -0.657. The fourth-order valence-corrected chi connectivity index (χ4v) is 2.45. The summed E-state index contributed by atoms with van der Waals surface area (Å²) in [7, 11) is 0. The molecule has 0 heterocycles. The lowest BCUT2D eigenvalue weighted by atomic mass is 10.1. The molecule has 122 valence electrons. The number of fused-ring (bicyclic) bond motifs is 1. The molecule has 0 spiro atoms. The van der Waals surface area contributed by atoms with Crippen LogP contribution in [0.2, 0.25) is 0 Å². The molecule has 1 amide bonds. The van der Waals surface area contributed by atoms with E-state index in [1.807, 2.05) is 30.3 Å². The van der Waals surface area contributed by atoms with E-state index >= 15 is 0 Å². The third-order valence-corrected chi connectivity index (χ3v) is 3.78. The molecule has 1 atom stereocenters. The van der Waals surface area contributed by atoms with E-state index in [0.29, 0.717) is 12.3 Å². The molecule has 0 saturated carbocycles. The van der Waals surface area contributed by atoms with Crippen LogP contribution in [0.3, 0.4) is 0 Å². The molecule has 1 N–H and O–H groups in total. The summed E-state index contributed by atoms with van der Waals surface area (Å²) in [6.45, 7) is 2.10. The zero-order chi connectivity index (χ0) is 16.9. The predicted molar refractivity (Wildman–Crippen MR) is 92.3 cm³/mol. The Bertz CT molecular complexity index is 846. The van der Waals surface area contributed by atoms with E-state index in [1.165, 1.54) is 29.7 Å². The highest BCUT2D eigenvalue weighted by molar-refractivity contribution is 5.83. The molecule has 1 unspecified atom stereocenters. The predicted octanol–water partition coefficient (Wildman–Crippen LogP) is 4.06. The SMILES string of the molecule is CC(Oc1ccc(F)cc1)C(=O)NCc1ccc2ccccc2c1. The van der Waals surface area contributed by atoms with Crippen molar-refractivity contribution in [3.8, 4) is 5.75 Å². The highest BCUT2D eigenvalue weighted by Gasteiger charge is 2.14. The summed E-state index contributed by atoms with van der Waals surface area (Å²) >= 11 is 0. The van der Waals surface area contributed by atoms with Crippen LogP contribution in [0.1, 0.15) is 12.5 Å². The summed E-state index contributed by atoms with van der Waals surface area (Å²) in [4.78, 5) is 12.1. The van der Waals surface area contributed by atoms with Crippen molar-refractivity contribution < 1.29 is 13.9 Å². The van der Waals surface area contributed by atoms with Crippen molar-refractivity contribution in [3.05, 3.63) is 78.1 Å². The fraction of sp³-hybridized carbons (Fsp3) is 0.150. The van der Waals surface area contributed by atoms with E-state index in [-0.39, 0.29) is 11.7 Å². The topological polar surface area (TPSA) is 38.3 Å². The highest BCUT2D eigenvalue weighted by Crippen LogP contribution is 2.16. The summed E-state index contributed by atoms with van der Waals surface area (Å²) in [5.41, 5.74) is 1.02. The Balaban J connectivity index is 1.58. The number of benzene rings is 3. The van der Waals surface area contributed by atoms with Gasteiger partial charge in [0.2, 0.25) is 0 Å². The summed E-state index contributed by atoms with van der Waals surface area (Å²) in [6, 6.07) is 19.8. The molecule has 0 bridgehead atoms. The number of nitrogens with one attached hydrogen (secondary N) is 1. The number of halogens is 1. The largest absolute Gasteiger partial charge is 0.481 e. The van der Waals surface area contributed by atoms with Crippen molar-refractivity contribution >= 4 is 16.7 Å². The third-order valence-electron chi connectivity index (χ3n) is 3.78. The van der Waals surface area contributed by atoms with Crippen LogP contribution in [0, 0.1) is 5.82 Å². The number of carbonyl (C=O) groups is 1. The van der Waals surface area contributed by atoms with Gasteiger partial charge >= 0.3 is 0 Å². The standard InChI is InChI=1S/C20H18FNO2/c1-14(24-19-10-8-18(21)9-11-19)20(23)22-13-15-6-7-16-4-2-3-5-17(16)12-15/h2-12,14H,13H2,1H3,(H,22,23). The average Bonchev–Trinajstić information content (AvgIpc) is 2.61. The van der Waals surface area contributed by atoms with Crippen LogP contribution in [-0.4, -0.2) is 12.0 Å². The van der Waals surface area contributed by atoms with Crippen LogP contribution in [0.15, 0.2) is 66.7 Å². The smallest absolute Gasteiger partial charge is 0.261 e. The van der Waals surface area contributed by atoms with Gasteiger partial charge in [0.15, 0.2) is 6.10 Å². The lowest BCUT2D eigenvalue weighted by Gasteiger charge is -2.15. The molecule has 0 fully saturated rings. The fourth-order valence-electron chi connectivity index (χ4n) is 2.45. The van der Waals surface area contributed by atoms with Gasteiger partial charge in [0.25, 0.3) is 5.91 Å². The van der Waals surface area contributed by atoms with Crippen molar-refractivity contribution in [1.29, 1.82) is 0 Å². The van der Waals surface area contributed by atoms with Gasteiger partial charge in [0.05, 0.1) is 0 Å². The summed E-state index contributed by atoms with van der Waals surface area (Å²) < 4.78 is 18.4. The normalized spacial score (nSPS) is 11.9. The third kappa shape index (κ3) is 3.90. The molecule has 0 aliphatic rings. The molecular weight excluding hydrogens is 305 g/mol. The molecule has 0 saturated heterocycles. The number of ether oxygens (including phenoxy) is 1. The maximum absolute atomic E-state index is 12.9. The first-order valence-electron chi connectivity index (χ1n) is 7.79. The van der Waals surface area contributed by atoms with Crippen LogP contribution in [0.4, 0.5) is 4.39 Å². The van der Waals surface area contributed by atoms with E-state index in [2.05, 4.69) is 17.4 Å². The van der Waals surface area contributed by atoms with Gasteiger partial charge in [-0.05, 0) is 53.6 Å². The molecule has 0 radical (unpaired) electrons. The van der Waals surface area contributed by atoms with E-state index < -0.39 is 6.10 Å². The number of amides is 1. The molecular formula is C20H18FNO2. The Morgan fingerprint density at radius 2 is 1.75 bits per heavy atom. The second-order valence-corrected chi connectivity index (χ2v) is 5.61. The van der Waals surface area contributed by atoms with Crippen LogP contribution in [0.5, 0.6) is 5.75 Å². The van der Waals surface area contributed by atoms with Crippen molar-refractivity contribution in [3.63, 3.8) is 0 Å². The number of hydrogen-bond acceptors (Lipinski definition) is 2. The zero-order valence-corrected chi connectivity index (χ0v) is 13.3. The number of hydrogen-bond donors (Lipinski definition) is 1. The van der Waals surface area contributed by atoms with Crippen molar-refractivity contribution in [1.82, 2.24) is 5.32 Å². The Morgan fingerprint density at radius 1 is 1.04 bits per heavy atom. The first-order chi connectivity index (χ1) is 11.6. The van der Waals surface area contributed by atoms with Gasteiger partial charge in [-0.1, -0.05) is 36.4 Å². The van der Waals surface area contributed by atoms with Crippen molar-refractivity contribution in [2.45, 2.75) is 19.6 Å². The molecule has 0 aliphatic carbocycles. The highest BCUT2D eigenvalue weighted by atomic mass is 19.1. The number of rotatable bonds is 5. The molecule has 3 aromatic carbocycles. The minimum atomic E-state index is -0.657. The molecule has 3 aromatic rings. The van der Waals surface area contributed by atoms with Gasteiger partial charge in [-0.3, -0.25) is 4.79 Å². The summed E-state index contributed by atoms with van der Waals surface area (Å²) in [5.74, 6) is -0.0898. The zero-order valence-electron chi connectivity index (χ0n) is 13.3.